The lowest BCUT2D eigenvalue weighted by molar-refractivity contribution is -0.384. The summed E-state index contributed by atoms with van der Waals surface area (Å²) in [7, 11) is 0. The van der Waals surface area contributed by atoms with Gasteiger partial charge in [0.15, 0.2) is 0 Å². The van der Waals surface area contributed by atoms with Crippen LogP contribution in [0.2, 0.25) is 0 Å². The van der Waals surface area contributed by atoms with E-state index in [0.717, 1.165) is 41.0 Å². The van der Waals surface area contributed by atoms with Crippen LogP contribution in [0.4, 0.5) is 21.9 Å². The highest BCUT2D eigenvalue weighted by Gasteiger charge is 2.36. The molecule has 41 heavy (non-hydrogen) atoms. The molecule has 0 atom stereocenters. The van der Waals surface area contributed by atoms with Crippen molar-refractivity contribution in [1.82, 2.24) is 4.90 Å². The first-order valence-electron chi connectivity index (χ1n) is 12.8. The zero-order valence-electron chi connectivity index (χ0n) is 21.9. The van der Waals surface area contributed by atoms with E-state index in [4.69, 9.17) is 9.47 Å². The Morgan fingerprint density at radius 3 is 2.34 bits per heavy atom. The number of hydrogen-bond donors (Lipinski definition) is 1. The number of rotatable bonds is 9. The van der Waals surface area contributed by atoms with Crippen molar-refractivity contribution >= 4 is 52.0 Å². The summed E-state index contributed by atoms with van der Waals surface area (Å²) in [6.07, 6.45) is 1.59. The number of imide groups is 1. The lowest BCUT2D eigenvalue weighted by atomic mass is 10.2. The molecule has 1 N–H and O–H groups in total. The molecule has 3 aromatic carbocycles. The van der Waals surface area contributed by atoms with Crippen LogP contribution in [0, 0.1) is 10.1 Å². The van der Waals surface area contributed by atoms with Gasteiger partial charge in [0.05, 0.1) is 23.0 Å². The minimum absolute atomic E-state index is 0.0116. The van der Waals surface area contributed by atoms with E-state index in [1.54, 1.807) is 54.6 Å². The van der Waals surface area contributed by atoms with Crippen molar-refractivity contribution in [3.8, 4) is 5.75 Å². The summed E-state index contributed by atoms with van der Waals surface area (Å²) in [5, 5.41) is 13.0. The summed E-state index contributed by atoms with van der Waals surface area (Å²) in [6.45, 7) is 2.81. The van der Waals surface area contributed by atoms with E-state index in [-0.39, 0.29) is 23.7 Å². The van der Waals surface area contributed by atoms with Crippen LogP contribution in [0.3, 0.4) is 0 Å². The molecule has 0 aliphatic carbocycles. The monoisotopic (exact) mass is 574 g/mol. The molecule has 2 aliphatic heterocycles. The van der Waals surface area contributed by atoms with Crippen molar-refractivity contribution in [2.24, 2.45) is 0 Å². The molecule has 0 aromatic heterocycles. The molecule has 2 saturated heterocycles. The number of anilines is 2. The number of nitrogens with zero attached hydrogens (tertiary/aromatic N) is 3. The summed E-state index contributed by atoms with van der Waals surface area (Å²) in [4.78, 5) is 51.6. The highest BCUT2D eigenvalue weighted by molar-refractivity contribution is 8.18. The second kappa shape index (κ2) is 12.7. The molecule has 0 saturated carbocycles. The van der Waals surface area contributed by atoms with Crippen molar-refractivity contribution < 1.29 is 28.8 Å². The zero-order valence-corrected chi connectivity index (χ0v) is 22.7. The quantitative estimate of drug-likeness (QED) is 0.220. The summed E-state index contributed by atoms with van der Waals surface area (Å²) in [6, 6.07) is 20.4. The predicted molar refractivity (Wildman–Crippen MR) is 155 cm³/mol. The van der Waals surface area contributed by atoms with Gasteiger partial charge in [0, 0.05) is 36.6 Å². The summed E-state index contributed by atoms with van der Waals surface area (Å²) in [5.74, 6) is -0.429. The number of amides is 3. The molecule has 0 spiro atoms. The maximum absolute atomic E-state index is 12.9. The van der Waals surface area contributed by atoms with Gasteiger partial charge < -0.3 is 19.7 Å². The summed E-state index contributed by atoms with van der Waals surface area (Å²) < 4.78 is 11.1. The molecule has 12 heteroatoms. The molecule has 2 heterocycles. The van der Waals surface area contributed by atoms with Crippen molar-refractivity contribution in [2.45, 2.75) is 6.61 Å². The Balaban J connectivity index is 1.13. The average Bonchev–Trinajstić information content (AvgIpc) is 3.25. The predicted octanol–water partition coefficient (Wildman–Crippen LogP) is 4.69. The van der Waals surface area contributed by atoms with Crippen LogP contribution in [0.25, 0.3) is 6.08 Å². The Morgan fingerprint density at radius 2 is 1.68 bits per heavy atom. The highest BCUT2D eigenvalue weighted by Crippen LogP contribution is 2.32. The molecular weight excluding hydrogens is 548 g/mol. The fourth-order valence-corrected chi connectivity index (χ4v) is 5.09. The van der Waals surface area contributed by atoms with Gasteiger partial charge in [0.1, 0.15) is 18.9 Å². The Hall–Kier alpha value is -4.68. The number of nitro benzene ring substituents is 1. The van der Waals surface area contributed by atoms with Gasteiger partial charge in [-0.25, -0.2) is 0 Å². The number of morpholine rings is 1. The smallest absolute Gasteiger partial charge is 0.294 e. The normalized spacial score (nSPS) is 16.2. The number of ether oxygens (including phenoxy) is 2. The Morgan fingerprint density at radius 1 is 1.00 bits per heavy atom. The van der Waals surface area contributed by atoms with E-state index < -0.39 is 22.0 Å². The van der Waals surface area contributed by atoms with E-state index in [0.29, 0.717) is 30.2 Å². The lowest BCUT2D eigenvalue weighted by Crippen LogP contribution is -2.36. The largest absolute Gasteiger partial charge is 0.489 e. The fourth-order valence-electron chi connectivity index (χ4n) is 4.25. The van der Waals surface area contributed by atoms with Crippen LogP contribution in [0.5, 0.6) is 5.75 Å². The summed E-state index contributed by atoms with van der Waals surface area (Å²) in [5.41, 5.74) is 3.08. The standard InChI is InChI=1S/C29H26N4O7S/c34-27(30-22-5-9-23(10-6-22)31-13-15-39-16-14-31)18-32-28(35)26(41-29(32)36)17-20-3-11-25(12-4-20)40-19-21-1-7-24(8-2-21)33(37)38/h1-12,17H,13-16,18-19H2,(H,30,34)/b26-17+. The van der Waals surface area contributed by atoms with E-state index >= 15 is 0 Å². The van der Waals surface area contributed by atoms with Crippen LogP contribution in [0.15, 0.2) is 77.7 Å². The first kappa shape index (κ1) is 27.9. The minimum atomic E-state index is -0.531. The topological polar surface area (TPSA) is 131 Å². The van der Waals surface area contributed by atoms with Crippen molar-refractivity contribution in [1.29, 1.82) is 0 Å². The van der Waals surface area contributed by atoms with Gasteiger partial charge in [-0.2, -0.15) is 0 Å². The molecule has 11 nitrogen and oxygen atoms in total. The van der Waals surface area contributed by atoms with E-state index in [1.165, 1.54) is 12.1 Å². The maximum atomic E-state index is 12.9. The fraction of sp³-hybridized carbons (Fsp3) is 0.207. The van der Waals surface area contributed by atoms with Gasteiger partial charge in [-0.3, -0.25) is 29.4 Å². The Bertz CT molecular complexity index is 1470. The molecule has 2 aliphatic rings. The Kier molecular flexibility index (Phi) is 8.61. The van der Waals surface area contributed by atoms with E-state index in [9.17, 15) is 24.5 Å². The van der Waals surface area contributed by atoms with Gasteiger partial charge in [0.2, 0.25) is 5.91 Å². The average molecular weight is 575 g/mol. The van der Waals surface area contributed by atoms with E-state index in [2.05, 4.69) is 10.2 Å². The van der Waals surface area contributed by atoms with Crippen LogP contribution < -0.4 is 15.0 Å². The molecule has 0 bridgehead atoms. The number of non-ortho nitro benzene ring substituents is 1. The first-order valence-corrected chi connectivity index (χ1v) is 13.6. The van der Waals surface area contributed by atoms with Crippen molar-refractivity contribution in [3.63, 3.8) is 0 Å². The summed E-state index contributed by atoms with van der Waals surface area (Å²) >= 11 is 0.781. The lowest BCUT2D eigenvalue weighted by Gasteiger charge is -2.28. The number of hydrogen-bond acceptors (Lipinski definition) is 9. The van der Waals surface area contributed by atoms with Crippen LogP contribution in [0.1, 0.15) is 11.1 Å². The molecule has 2 fully saturated rings. The highest BCUT2D eigenvalue weighted by atomic mass is 32.2. The molecule has 3 amide bonds. The molecule has 5 rings (SSSR count). The number of nitrogens with one attached hydrogen (secondary N) is 1. The van der Waals surface area contributed by atoms with Crippen LogP contribution >= 0.6 is 11.8 Å². The number of benzene rings is 3. The van der Waals surface area contributed by atoms with Crippen molar-refractivity contribution in [2.75, 3.05) is 43.1 Å². The van der Waals surface area contributed by atoms with Gasteiger partial charge in [-0.15, -0.1) is 0 Å². The van der Waals surface area contributed by atoms with Crippen LogP contribution in [-0.2, 0) is 20.9 Å². The minimum Gasteiger partial charge on any atom is -0.489 e. The second-order valence-corrected chi connectivity index (χ2v) is 10.2. The number of carbonyl (C=O) groups excluding carboxylic acids is 3. The van der Waals surface area contributed by atoms with Crippen molar-refractivity contribution in [3.05, 3.63) is 98.9 Å². The third kappa shape index (κ3) is 7.10. The third-order valence-electron chi connectivity index (χ3n) is 6.43. The van der Waals surface area contributed by atoms with Gasteiger partial charge >= 0.3 is 0 Å². The molecule has 210 valence electrons. The zero-order chi connectivity index (χ0) is 28.8. The maximum Gasteiger partial charge on any atom is 0.294 e. The van der Waals surface area contributed by atoms with Gasteiger partial charge in [0.25, 0.3) is 16.8 Å². The third-order valence-corrected chi connectivity index (χ3v) is 7.34. The van der Waals surface area contributed by atoms with Gasteiger partial charge in [-0.05, 0) is 77.5 Å². The Labute approximate surface area is 239 Å². The first-order chi connectivity index (χ1) is 19.9. The molecule has 3 aromatic rings. The SMILES string of the molecule is O=C(CN1C(=O)S/C(=C/c2ccc(OCc3ccc([N+](=O)[O-])cc3)cc2)C1=O)Nc1ccc(N2CCOCC2)cc1. The number of nitro groups is 1. The molecular formula is C29H26N4O7S. The van der Waals surface area contributed by atoms with Gasteiger partial charge in [-0.1, -0.05) is 12.1 Å². The number of thioether (sulfide) groups is 1. The second-order valence-electron chi connectivity index (χ2n) is 9.24. The molecule has 0 unspecified atom stereocenters. The molecule has 0 radical (unpaired) electrons. The number of carbonyl (C=O) groups is 3. The van der Waals surface area contributed by atoms with Crippen LogP contribution in [-0.4, -0.2) is 59.7 Å². The van der Waals surface area contributed by atoms with E-state index in [1.807, 2.05) is 12.1 Å².